The van der Waals surface area contributed by atoms with Gasteiger partial charge in [0.05, 0.1) is 0 Å². The normalized spacial score (nSPS) is 13.0. The van der Waals surface area contributed by atoms with E-state index < -0.39 is 0 Å². The van der Waals surface area contributed by atoms with Crippen LogP contribution >= 0.6 is 0 Å². The summed E-state index contributed by atoms with van der Waals surface area (Å²) >= 11 is 0. The summed E-state index contributed by atoms with van der Waals surface area (Å²) in [4.78, 5) is 0. The predicted molar refractivity (Wildman–Crippen MR) is 43.9 cm³/mol. The summed E-state index contributed by atoms with van der Waals surface area (Å²) in [5.41, 5.74) is 6.40. The Bertz CT molecular complexity index is 235. The molecule has 0 aliphatic carbocycles. The summed E-state index contributed by atoms with van der Waals surface area (Å²) in [6.45, 7) is 2.54. The Morgan fingerprint density at radius 2 is 2.27 bits per heavy atom. The van der Waals surface area contributed by atoms with Gasteiger partial charge in [0.1, 0.15) is 5.82 Å². The SMILES string of the molecule is CC(CN)c1cccc(F)c1. The van der Waals surface area contributed by atoms with Crippen molar-refractivity contribution in [1.29, 1.82) is 0 Å². The molecule has 2 N–H and O–H groups in total. The van der Waals surface area contributed by atoms with Gasteiger partial charge in [0.2, 0.25) is 0 Å². The Hall–Kier alpha value is -0.890. The van der Waals surface area contributed by atoms with Crippen molar-refractivity contribution in [3.05, 3.63) is 35.6 Å². The highest BCUT2D eigenvalue weighted by molar-refractivity contribution is 5.20. The van der Waals surface area contributed by atoms with E-state index in [4.69, 9.17) is 5.73 Å². The molecule has 1 unspecified atom stereocenters. The lowest BCUT2D eigenvalue weighted by Gasteiger charge is -2.07. The van der Waals surface area contributed by atoms with Crippen LogP contribution in [0.4, 0.5) is 4.39 Å². The fourth-order valence-corrected chi connectivity index (χ4v) is 0.949. The van der Waals surface area contributed by atoms with E-state index in [-0.39, 0.29) is 11.7 Å². The number of rotatable bonds is 2. The Labute approximate surface area is 66.0 Å². The first-order valence-corrected chi connectivity index (χ1v) is 3.69. The van der Waals surface area contributed by atoms with E-state index in [1.165, 1.54) is 12.1 Å². The van der Waals surface area contributed by atoms with Gasteiger partial charge in [0, 0.05) is 0 Å². The zero-order chi connectivity index (χ0) is 8.27. The molecular weight excluding hydrogens is 141 g/mol. The van der Waals surface area contributed by atoms with Gasteiger partial charge in [-0.3, -0.25) is 0 Å². The van der Waals surface area contributed by atoms with E-state index in [1.54, 1.807) is 6.07 Å². The zero-order valence-electron chi connectivity index (χ0n) is 6.55. The molecule has 2 heteroatoms. The molecule has 60 valence electrons. The van der Waals surface area contributed by atoms with Gasteiger partial charge in [-0.1, -0.05) is 19.1 Å². The Morgan fingerprint density at radius 3 is 2.82 bits per heavy atom. The third-order valence-corrected chi connectivity index (χ3v) is 1.77. The maximum atomic E-state index is 12.6. The second-order valence-corrected chi connectivity index (χ2v) is 2.69. The molecule has 0 amide bonds. The Balaban J connectivity index is 2.86. The second kappa shape index (κ2) is 3.49. The average molecular weight is 153 g/mol. The Morgan fingerprint density at radius 1 is 1.55 bits per heavy atom. The van der Waals surface area contributed by atoms with Gasteiger partial charge in [0.25, 0.3) is 0 Å². The monoisotopic (exact) mass is 153 g/mol. The third kappa shape index (κ3) is 2.02. The van der Waals surface area contributed by atoms with Crippen LogP contribution in [0.3, 0.4) is 0 Å². The van der Waals surface area contributed by atoms with Crippen molar-refractivity contribution < 1.29 is 4.39 Å². The first kappa shape index (κ1) is 8.21. The maximum absolute atomic E-state index is 12.6. The van der Waals surface area contributed by atoms with Crippen LogP contribution in [-0.2, 0) is 0 Å². The van der Waals surface area contributed by atoms with E-state index in [0.29, 0.717) is 6.54 Å². The quantitative estimate of drug-likeness (QED) is 0.689. The van der Waals surface area contributed by atoms with Gasteiger partial charge in [-0.2, -0.15) is 0 Å². The van der Waals surface area contributed by atoms with Crippen molar-refractivity contribution in [2.75, 3.05) is 6.54 Å². The molecule has 1 nitrogen and oxygen atoms in total. The average Bonchev–Trinajstić information content (AvgIpc) is 2.03. The van der Waals surface area contributed by atoms with Crippen molar-refractivity contribution in [3.8, 4) is 0 Å². The third-order valence-electron chi connectivity index (χ3n) is 1.77. The molecule has 0 heterocycles. The minimum absolute atomic E-state index is 0.192. The van der Waals surface area contributed by atoms with Crippen molar-refractivity contribution in [2.45, 2.75) is 12.8 Å². The number of hydrogen-bond acceptors (Lipinski definition) is 1. The zero-order valence-corrected chi connectivity index (χ0v) is 6.55. The van der Waals surface area contributed by atoms with Crippen molar-refractivity contribution in [2.24, 2.45) is 5.73 Å². The highest BCUT2D eigenvalue weighted by Gasteiger charge is 2.02. The topological polar surface area (TPSA) is 26.0 Å². The fourth-order valence-electron chi connectivity index (χ4n) is 0.949. The van der Waals surface area contributed by atoms with Crippen LogP contribution in [0.15, 0.2) is 24.3 Å². The molecule has 0 spiro atoms. The van der Waals surface area contributed by atoms with Crippen molar-refractivity contribution >= 4 is 0 Å². The van der Waals surface area contributed by atoms with E-state index >= 15 is 0 Å². The molecule has 0 saturated heterocycles. The number of hydrogen-bond donors (Lipinski definition) is 1. The smallest absolute Gasteiger partial charge is 0.123 e. The molecule has 0 fully saturated rings. The molecule has 0 radical (unpaired) electrons. The molecule has 0 bridgehead atoms. The van der Waals surface area contributed by atoms with Crippen LogP contribution in [-0.4, -0.2) is 6.54 Å². The van der Waals surface area contributed by atoms with Gasteiger partial charge >= 0.3 is 0 Å². The van der Waals surface area contributed by atoms with Crippen LogP contribution in [0.5, 0.6) is 0 Å². The second-order valence-electron chi connectivity index (χ2n) is 2.69. The molecule has 1 atom stereocenters. The molecule has 11 heavy (non-hydrogen) atoms. The van der Waals surface area contributed by atoms with Crippen LogP contribution in [0, 0.1) is 5.82 Å². The molecule has 0 aliphatic heterocycles. The summed E-state index contributed by atoms with van der Waals surface area (Å²) < 4.78 is 12.6. The van der Waals surface area contributed by atoms with Gasteiger partial charge in [0.15, 0.2) is 0 Å². The largest absolute Gasteiger partial charge is 0.330 e. The minimum atomic E-state index is -0.192. The standard InChI is InChI=1S/C9H12FN/c1-7(6-11)8-3-2-4-9(10)5-8/h2-5,7H,6,11H2,1H3. The molecule has 0 saturated carbocycles. The molecular formula is C9H12FN. The summed E-state index contributed by atoms with van der Waals surface area (Å²) in [5.74, 6) is 0.0495. The first-order valence-electron chi connectivity index (χ1n) is 3.69. The van der Waals surface area contributed by atoms with E-state index in [9.17, 15) is 4.39 Å². The van der Waals surface area contributed by atoms with E-state index in [1.807, 2.05) is 13.0 Å². The number of nitrogens with two attached hydrogens (primary N) is 1. The molecule has 1 rings (SSSR count). The molecule has 1 aromatic rings. The van der Waals surface area contributed by atoms with E-state index in [0.717, 1.165) is 5.56 Å². The first-order chi connectivity index (χ1) is 5.24. The van der Waals surface area contributed by atoms with Crippen LogP contribution in [0.2, 0.25) is 0 Å². The highest BCUT2D eigenvalue weighted by Crippen LogP contribution is 2.13. The van der Waals surface area contributed by atoms with Gasteiger partial charge in [-0.25, -0.2) is 4.39 Å². The summed E-state index contributed by atoms with van der Waals surface area (Å²) in [5, 5.41) is 0. The lowest BCUT2D eigenvalue weighted by Crippen LogP contribution is -2.08. The minimum Gasteiger partial charge on any atom is -0.330 e. The lowest BCUT2D eigenvalue weighted by molar-refractivity contribution is 0.621. The fraction of sp³-hybridized carbons (Fsp3) is 0.333. The summed E-state index contributed by atoms with van der Waals surface area (Å²) in [7, 11) is 0. The van der Waals surface area contributed by atoms with Crippen LogP contribution in [0.1, 0.15) is 18.4 Å². The van der Waals surface area contributed by atoms with Gasteiger partial charge in [-0.15, -0.1) is 0 Å². The molecule has 1 aromatic carbocycles. The predicted octanol–water partition coefficient (Wildman–Crippen LogP) is 1.89. The summed E-state index contributed by atoms with van der Waals surface area (Å²) in [6.07, 6.45) is 0. The van der Waals surface area contributed by atoms with Gasteiger partial charge < -0.3 is 5.73 Å². The number of benzene rings is 1. The van der Waals surface area contributed by atoms with Crippen molar-refractivity contribution in [3.63, 3.8) is 0 Å². The maximum Gasteiger partial charge on any atom is 0.123 e. The Kier molecular flexibility index (Phi) is 2.60. The van der Waals surface area contributed by atoms with Crippen molar-refractivity contribution in [1.82, 2.24) is 0 Å². The molecule has 0 aliphatic rings. The van der Waals surface area contributed by atoms with E-state index in [2.05, 4.69) is 0 Å². The van der Waals surface area contributed by atoms with Crippen LogP contribution in [0.25, 0.3) is 0 Å². The summed E-state index contributed by atoms with van der Waals surface area (Å²) in [6, 6.07) is 6.56. The number of halogens is 1. The van der Waals surface area contributed by atoms with Gasteiger partial charge in [-0.05, 0) is 30.2 Å². The highest BCUT2D eigenvalue weighted by atomic mass is 19.1. The molecule has 0 aromatic heterocycles. The van der Waals surface area contributed by atoms with Crippen LogP contribution < -0.4 is 5.73 Å². The lowest BCUT2D eigenvalue weighted by atomic mass is 10.0.